The van der Waals surface area contributed by atoms with E-state index in [0.29, 0.717) is 40.6 Å². The average molecular weight is 992 g/mol. The van der Waals surface area contributed by atoms with Crippen molar-refractivity contribution in [3.05, 3.63) is 73.6 Å². The van der Waals surface area contributed by atoms with Crippen molar-refractivity contribution in [3.8, 4) is 17.2 Å². The standard InChI is InChI=1S/C22H8Cl4I4O3.Na/c1-5-9(27)3-7-12(13-11(6(2)31)14(23)16(25)17(26)15(13)24)8-4-10(28)20(32)19(30)22(8)33-21(7)18(5)29;/h3-4,32H,1H2,2H3;/q;+1/p-1. The Hall–Kier alpha value is 1.75. The molecular weight excluding hydrogens is 985 g/mol. The molecule has 0 saturated carbocycles. The molecule has 12 heteroatoms. The van der Waals surface area contributed by atoms with Gasteiger partial charge in [-0.25, -0.2) is 0 Å². The van der Waals surface area contributed by atoms with Gasteiger partial charge in [0.25, 0.3) is 0 Å². The molecule has 0 radical (unpaired) electrons. The molecule has 0 aromatic heterocycles. The summed E-state index contributed by atoms with van der Waals surface area (Å²) in [6.07, 6.45) is 0. The number of ether oxygens (including phenoxy) is 1. The number of rotatable bonds is 2. The van der Waals surface area contributed by atoms with Crippen LogP contribution in [0.3, 0.4) is 0 Å². The molecule has 4 rings (SSSR count). The zero-order valence-electron chi connectivity index (χ0n) is 17.1. The third kappa shape index (κ3) is 4.92. The molecule has 0 amide bonds. The third-order valence-electron chi connectivity index (χ3n) is 5.01. The van der Waals surface area contributed by atoms with Gasteiger partial charge in [-0.15, -0.1) is 0 Å². The summed E-state index contributed by atoms with van der Waals surface area (Å²) in [5.41, 5.74) is 1.65. The molecule has 170 valence electrons. The first-order chi connectivity index (χ1) is 15.4. The van der Waals surface area contributed by atoms with Crippen LogP contribution in [0, 0.1) is 14.3 Å². The maximum Gasteiger partial charge on any atom is 1.00 e. The summed E-state index contributed by atoms with van der Waals surface area (Å²) < 4.78 is 8.84. The number of ketones is 1. The fraction of sp³-hybridized carbons (Fsp3) is 0.0455. The Morgan fingerprint density at radius 2 is 1.50 bits per heavy atom. The van der Waals surface area contributed by atoms with Crippen molar-refractivity contribution in [1.29, 1.82) is 0 Å². The zero-order chi connectivity index (χ0) is 24.5. The van der Waals surface area contributed by atoms with Crippen LogP contribution in [0.5, 0.6) is 17.2 Å². The van der Waals surface area contributed by atoms with E-state index in [-0.39, 0.29) is 66.7 Å². The van der Waals surface area contributed by atoms with E-state index in [4.69, 9.17) is 51.1 Å². The smallest absolute Gasteiger partial charge is 0.871 e. The van der Waals surface area contributed by atoms with E-state index in [1.165, 1.54) is 6.92 Å². The molecule has 0 aliphatic carbocycles. The number of benzene rings is 3. The summed E-state index contributed by atoms with van der Waals surface area (Å²) in [5, 5.41) is 14.3. The summed E-state index contributed by atoms with van der Waals surface area (Å²) >= 11 is 34.3. The third-order valence-corrected chi connectivity index (χ3v) is 10.7. The quantitative estimate of drug-likeness (QED) is 0.0959. The summed E-state index contributed by atoms with van der Waals surface area (Å²) in [6, 6.07) is 3.62. The Labute approximate surface area is 291 Å². The second-order valence-electron chi connectivity index (χ2n) is 6.94. The number of hydrogen-bond donors (Lipinski definition) is 0. The topological polar surface area (TPSA) is 49.4 Å². The van der Waals surface area contributed by atoms with Gasteiger partial charge in [0.2, 0.25) is 0 Å². The second-order valence-corrected chi connectivity index (χ2v) is 12.9. The van der Waals surface area contributed by atoms with Crippen LogP contribution in [0.25, 0.3) is 12.2 Å². The zero-order valence-corrected chi connectivity index (χ0v) is 30.8. The molecule has 0 atom stereocenters. The van der Waals surface area contributed by atoms with Crippen LogP contribution in [-0.2, 0) is 0 Å². The fourth-order valence-electron chi connectivity index (χ4n) is 3.51. The van der Waals surface area contributed by atoms with Gasteiger partial charge in [-0.05, 0) is 115 Å². The molecule has 0 fully saturated rings. The second kappa shape index (κ2) is 11.5. The van der Waals surface area contributed by atoms with Crippen LogP contribution < -0.4 is 49.8 Å². The largest absolute Gasteiger partial charge is 1.00 e. The van der Waals surface area contributed by atoms with Gasteiger partial charge in [-0.1, -0.05) is 58.7 Å². The Balaban J connectivity index is 0.00000324. The number of carbonyl (C=O) groups is 1. The van der Waals surface area contributed by atoms with Crippen molar-refractivity contribution < 1.29 is 44.2 Å². The normalized spacial score (nSPS) is 12.0. The van der Waals surface area contributed by atoms with Gasteiger partial charge in [0, 0.05) is 38.2 Å². The Morgan fingerprint density at radius 3 is 2.09 bits per heavy atom. The van der Waals surface area contributed by atoms with Crippen LogP contribution in [0.4, 0.5) is 0 Å². The molecule has 0 N–H and O–H groups in total. The minimum Gasteiger partial charge on any atom is -0.871 e. The van der Waals surface area contributed by atoms with Crippen molar-refractivity contribution >= 4 is 155 Å². The predicted octanol–water partition coefficient (Wildman–Crippen LogP) is 4.76. The van der Waals surface area contributed by atoms with E-state index >= 15 is 0 Å². The van der Waals surface area contributed by atoms with Gasteiger partial charge in [-0.2, -0.15) is 0 Å². The van der Waals surface area contributed by atoms with E-state index in [1.54, 1.807) is 6.07 Å². The molecule has 1 aliphatic heterocycles. The van der Waals surface area contributed by atoms with Crippen LogP contribution in [0.15, 0.2) is 12.1 Å². The van der Waals surface area contributed by atoms with Crippen LogP contribution in [-0.4, -0.2) is 5.78 Å². The first kappa shape index (κ1) is 30.3. The predicted molar refractivity (Wildman–Crippen MR) is 166 cm³/mol. The molecule has 34 heavy (non-hydrogen) atoms. The van der Waals surface area contributed by atoms with E-state index in [9.17, 15) is 9.90 Å². The molecule has 0 unspecified atom stereocenters. The van der Waals surface area contributed by atoms with Gasteiger partial charge in [0.15, 0.2) is 5.78 Å². The van der Waals surface area contributed by atoms with Crippen molar-refractivity contribution in [1.82, 2.24) is 0 Å². The van der Waals surface area contributed by atoms with E-state index in [1.807, 2.05) is 51.2 Å². The number of hydrogen-bond acceptors (Lipinski definition) is 3. The van der Waals surface area contributed by atoms with Gasteiger partial charge < -0.3 is 9.84 Å². The maximum atomic E-state index is 12.8. The number of fused-ring (bicyclic) bond motifs is 2. The molecule has 0 spiro atoms. The first-order valence-electron chi connectivity index (χ1n) is 8.84. The van der Waals surface area contributed by atoms with Crippen molar-refractivity contribution in [2.75, 3.05) is 0 Å². The summed E-state index contributed by atoms with van der Waals surface area (Å²) in [4.78, 5) is 12.8. The molecular formula is C22H7Cl4I4NaO3. The van der Waals surface area contributed by atoms with Crippen LogP contribution >= 0.6 is 137 Å². The van der Waals surface area contributed by atoms with Gasteiger partial charge in [0.1, 0.15) is 11.5 Å². The van der Waals surface area contributed by atoms with Gasteiger partial charge >= 0.3 is 29.6 Å². The van der Waals surface area contributed by atoms with Crippen LogP contribution in [0.1, 0.15) is 28.4 Å². The Bertz CT molecular complexity index is 1540. The number of halogens is 8. The molecule has 3 nitrogen and oxygen atoms in total. The summed E-state index contributed by atoms with van der Waals surface area (Å²) in [6.45, 7) is 5.51. The van der Waals surface area contributed by atoms with Gasteiger partial charge in [-0.3, -0.25) is 4.79 Å². The fourth-order valence-corrected chi connectivity index (χ4v) is 8.16. The molecule has 3 aromatic rings. The van der Waals surface area contributed by atoms with Crippen molar-refractivity contribution in [2.24, 2.45) is 0 Å². The van der Waals surface area contributed by atoms with E-state index in [0.717, 1.165) is 12.4 Å². The summed E-state index contributed by atoms with van der Waals surface area (Å²) in [5.74, 6) is 0.392. The minimum atomic E-state index is -0.333. The molecule has 1 heterocycles. The van der Waals surface area contributed by atoms with E-state index < -0.39 is 0 Å². The average Bonchev–Trinajstić information content (AvgIpc) is 2.76. The monoisotopic (exact) mass is 990 g/mol. The maximum absolute atomic E-state index is 12.8. The first-order valence-corrected chi connectivity index (χ1v) is 14.7. The van der Waals surface area contributed by atoms with Crippen molar-refractivity contribution in [2.45, 2.75) is 6.92 Å². The Morgan fingerprint density at radius 1 is 0.912 bits per heavy atom. The molecule has 1 aliphatic rings. The van der Waals surface area contributed by atoms with Crippen molar-refractivity contribution in [3.63, 3.8) is 0 Å². The van der Waals surface area contributed by atoms with Crippen LogP contribution in [0.2, 0.25) is 20.1 Å². The van der Waals surface area contributed by atoms with E-state index in [2.05, 4.69) is 51.8 Å². The molecule has 0 bridgehead atoms. The molecule has 3 aromatic carbocycles. The SMILES string of the molecule is C=c1c(I)cc2c(c1I)Oc1c(cc(I)c([O-])c1I)C=2c1c(Cl)c(Cl)c(Cl)c(Cl)c1C(C)=O.[Na+]. The van der Waals surface area contributed by atoms with Gasteiger partial charge in [0.05, 0.1) is 23.7 Å². The summed E-state index contributed by atoms with van der Waals surface area (Å²) in [7, 11) is 0. The molecule has 0 saturated heterocycles. The minimum absolute atomic E-state index is 0. The number of Topliss-reactive ketones (excluding diaryl/α,β-unsaturated/α-hetero) is 1. The number of carbonyl (C=O) groups excluding carboxylic acids is 1. The Kier molecular flexibility index (Phi) is 10.2.